The maximum absolute atomic E-state index is 12.6. The zero-order valence-electron chi connectivity index (χ0n) is 13.7. The number of ketones is 1. The molecular weight excluding hydrogens is 413 g/mol. The zero-order valence-corrected chi connectivity index (χ0v) is 15.3. The maximum atomic E-state index is 12.6. The van der Waals surface area contributed by atoms with Crippen LogP contribution in [0, 0.1) is 0 Å². The molecule has 0 saturated carbocycles. The number of anilines is 1. The molecule has 1 aliphatic heterocycles. The van der Waals surface area contributed by atoms with E-state index in [0.717, 1.165) is 12.1 Å². The van der Waals surface area contributed by atoms with Gasteiger partial charge in [-0.1, -0.05) is 18.2 Å². The first-order valence-electron chi connectivity index (χ1n) is 7.68. The van der Waals surface area contributed by atoms with Gasteiger partial charge in [-0.3, -0.25) is 19.4 Å². The molecule has 0 spiro atoms. The Morgan fingerprint density at radius 1 is 1.08 bits per heavy atom. The van der Waals surface area contributed by atoms with Gasteiger partial charge in [-0.2, -0.15) is 13.2 Å². The number of halogens is 4. The van der Waals surface area contributed by atoms with E-state index in [9.17, 15) is 22.8 Å². The van der Waals surface area contributed by atoms with E-state index in [1.165, 1.54) is 17.0 Å². The van der Waals surface area contributed by atoms with Crippen LogP contribution in [0.25, 0.3) is 0 Å². The molecular formula is C18H14BrF3N2O2. The van der Waals surface area contributed by atoms with Crippen LogP contribution in [0.3, 0.4) is 0 Å². The van der Waals surface area contributed by atoms with Crippen molar-refractivity contribution in [3.8, 4) is 0 Å². The van der Waals surface area contributed by atoms with Crippen molar-refractivity contribution < 1.29 is 22.8 Å². The number of hydrogen-bond acceptors (Lipinski definition) is 3. The minimum absolute atomic E-state index is 0.148. The fourth-order valence-corrected chi connectivity index (χ4v) is 3.38. The lowest BCUT2D eigenvalue weighted by molar-refractivity contribution is -0.137. The summed E-state index contributed by atoms with van der Waals surface area (Å²) in [6.45, 7) is 0.481. The molecule has 8 heteroatoms. The van der Waals surface area contributed by atoms with E-state index in [1.54, 1.807) is 30.1 Å². The summed E-state index contributed by atoms with van der Waals surface area (Å²) in [4.78, 5) is 27.5. The quantitative estimate of drug-likeness (QED) is 0.691. The number of rotatable bonds is 4. The number of carbonyl (C=O) groups is 2. The second-order valence-corrected chi connectivity index (χ2v) is 6.90. The van der Waals surface area contributed by atoms with Crippen LogP contribution in [0.15, 0.2) is 46.9 Å². The minimum Gasteiger partial charge on any atom is -0.291 e. The molecule has 1 amide bonds. The van der Waals surface area contributed by atoms with Crippen molar-refractivity contribution in [2.24, 2.45) is 0 Å². The first kappa shape index (κ1) is 18.6. The monoisotopic (exact) mass is 426 g/mol. The smallest absolute Gasteiger partial charge is 0.291 e. The summed E-state index contributed by atoms with van der Waals surface area (Å²) in [6, 6.07) is 9.98. The lowest BCUT2D eigenvalue weighted by atomic mass is 10.1. The second-order valence-electron chi connectivity index (χ2n) is 6.05. The van der Waals surface area contributed by atoms with E-state index >= 15 is 0 Å². The highest BCUT2D eigenvalue weighted by Crippen LogP contribution is 2.34. The fourth-order valence-electron chi connectivity index (χ4n) is 2.84. The van der Waals surface area contributed by atoms with Gasteiger partial charge in [0.1, 0.15) is 0 Å². The van der Waals surface area contributed by atoms with Gasteiger partial charge < -0.3 is 0 Å². The fraction of sp³-hybridized carbons (Fsp3) is 0.222. The Morgan fingerprint density at radius 2 is 1.73 bits per heavy atom. The number of nitrogens with zero attached hydrogens (tertiary/aromatic N) is 2. The van der Waals surface area contributed by atoms with Crippen LogP contribution >= 0.6 is 15.9 Å². The van der Waals surface area contributed by atoms with Gasteiger partial charge in [-0.25, -0.2) is 0 Å². The molecule has 1 heterocycles. The third kappa shape index (κ3) is 3.52. The average molecular weight is 427 g/mol. The topological polar surface area (TPSA) is 40.6 Å². The number of benzene rings is 2. The summed E-state index contributed by atoms with van der Waals surface area (Å²) in [7, 11) is 1.73. The minimum atomic E-state index is -4.37. The summed E-state index contributed by atoms with van der Waals surface area (Å²) in [5.41, 5.74) is 0.824. The lowest BCUT2D eigenvalue weighted by Crippen LogP contribution is -2.38. The highest BCUT2D eigenvalue weighted by atomic mass is 79.9. The van der Waals surface area contributed by atoms with Crippen LogP contribution < -0.4 is 4.90 Å². The molecule has 136 valence electrons. The molecule has 2 aromatic carbocycles. The van der Waals surface area contributed by atoms with Gasteiger partial charge in [0.15, 0.2) is 0 Å². The van der Waals surface area contributed by atoms with Crippen molar-refractivity contribution in [2.75, 3.05) is 18.6 Å². The van der Waals surface area contributed by atoms with Gasteiger partial charge in [0.2, 0.25) is 0 Å². The Labute approximate surface area is 156 Å². The number of Topliss-reactive ketones (excluding diaryl/α,β-unsaturated/α-hetero) is 1. The Morgan fingerprint density at radius 3 is 2.35 bits per heavy atom. The maximum Gasteiger partial charge on any atom is 0.416 e. The standard InChI is InChI=1S/C18H14BrF3N2O2/c1-23(9-11-5-7-12(8-6-11)18(20,21)22)10-24-14-4-2-3-13(19)15(14)16(25)17(24)26/h2-8H,9-10H2,1H3. The lowest BCUT2D eigenvalue weighted by Gasteiger charge is -2.24. The third-order valence-corrected chi connectivity index (χ3v) is 4.73. The van der Waals surface area contributed by atoms with Crippen LogP contribution in [-0.2, 0) is 17.5 Å². The van der Waals surface area contributed by atoms with Gasteiger partial charge in [0, 0.05) is 11.0 Å². The van der Waals surface area contributed by atoms with Gasteiger partial charge in [-0.05, 0) is 52.8 Å². The van der Waals surface area contributed by atoms with Crippen LogP contribution in [0.4, 0.5) is 18.9 Å². The van der Waals surface area contributed by atoms with Crippen molar-refractivity contribution in [3.05, 3.63) is 63.6 Å². The van der Waals surface area contributed by atoms with Crippen LogP contribution in [0.5, 0.6) is 0 Å². The zero-order chi connectivity index (χ0) is 19.1. The molecule has 26 heavy (non-hydrogen) atoms. The summed E-state index contributed by atoms with van der Waals surface area (Å²) in [6.07, 6.45) is -4.37. The number of fused-ring (bicyclic) bond motifs is 1. The molecule has 0 saturated heterocycles. The van der Waals surface area contributed by atoms with E-state index in [-0.39, 0.29) is 6.67 Å². The molecule has 0 aliphatic carbocycles. The number of alkyl halides is 3. The predicted molar refractivity (Wildman–Crippen MR) is 93.7 cm³/mol. The SMILES string of the molecule is CN(Cc1ccc(C(F)(F)F)cc1)CN1C(=O)C(=O)c2c(Br)cccc21. The number of hydrogen-bond donors (Lipinski definition) is 0. The van der Waals surface area contributed by atoms with Crippen molar-refractivity contribution in [1.29, 1.82) is 0 Å². The first-order chi connectivity index (χ1) is 12.2. The Bertz CT molecular complexity index is 866. The number of carbonyl (C=O) groups excluding carboxylic acids is 2. The summed E-state index contributed by atoms with van der Waals surface area (Å²) in [5.74, 6) is -1.19. The summed E-state index contributed by atoms with van der Waals surface area (Å²) >= 11 is 3.28. The Hall–Kier alpha value is -2.19. The van der Waals surface area contributed by atoms with Crippen molar-refractivity contribution in [3.63, 3.8) is 0 Å². The van der Waals surface area contributed by atoms with E-state index < -0.39 is 23.4 Å². The summed E-state index contributed by atoms with van der Waals surface area (Å²) < 4.78 is 38.4. The molecule has 2 aromatic rings. The van der Waals surface area contributed by atoms with Crippen LogP contribution in [-0.4, -0.2) is 30.3 Å². The van der Waals surface area contributed by atoms with Crippen LogP contribution in [0.1, 0.15) is 21.5 Å². The van der Waals surface area contributed by atoms with E-state index in [4.69, 9.17) is 0 Å². The molecule has 0 N–H and O–H groups in total. The van der Waals surface area contributed by atoms with Crippen molar-refractivity contribution in [2.45, 2.75) is 12.7 Å². The first-order valence-corrected chi connectivity index (χ1v) is 8.47. The van der Waals surface area contributed by atoms with Crippen molar-refractivity contribution >= 4 is 33.3 Å². The molecule has 0 fully saturated rings. The average Bonchev–Trinajstić information content (AvgIpc) is 2.80. The Kier molecular flexibility index (Phi) is 4.90. The molecule has 3 rings (SSSR count). The number of amides is 1. The molecule has 4 nitrogen and oxygen atoms in total. The summed E-state index contributed by atoms with van der Waals surface area (Å²) in [5, 5.41) is 0. The van der Waals surface area contributed by atoms with Gasteiger partial charge in [-0.15, -0.1) is 0 Å². The van der Waals surface area contributed by atoms with E-state index in [1.807, 2.05) is 0 Å². The molecule has 1 aliphatic rings. The highest BCUT2D eigenvalue weighted by molar-refractivity contribution is 9.10. The normalized spacial score (nSPS) is 14.3. The van der Waals surface area contributed by atoms with Gasteiger partial charge in [0.05, 0.1) is 23.5 Å². The van der Waals surface area contributed by atoms with E-state index in [2.05, 4.69) is 15.9 Å². The molecule has 0 radical (unpaired) electrons. The van der Waals surface area contributed by atoms with Crippen LogP contribution in [0.2, 0.25) is 0 Å². The third-order valence-electron chi connectivity index (χ3n) is 4.07. The second kappa shape index (κ2) is 6.85. The Balaban J connectivity index is 1.73. The molecule has 0 bridgehead atoms. The highest BCUT2D eigenvalue weighted by Gasteiger charge is 2.37. The predicted octanol–water partition coefficient (Wildman–Crippen LogP) is 4.09. The van der Waals surface area contributed by atoms with Gasteiger partial charge in [0.25, 0.3) is 5.78 Å². The molecule has 0 atom stereocenters. The van der Waals surface area contributed by atoms with Gasteiger partial charge >= 0.3 is 12.1 Å². The van der Waals surface area contributed by atoms with E-state index in [0.29, 0.717) is 27.8 Å². The molecule has 0 unspecified atom stereocenters. The largest absolute Gasteiger partial charge is 0.416 e. The molecule has 0 aromatic heterocycles. The van der Waals surface area contributed by atoms with Crippen molar-refractivity contribution in [1.82, 2.24) is 4.90 Å².